The van der Waals surface area contributed by atoms with Crippen LogP contribution in [0.4, 0.5) is 10.1 Å². The first-order valence-electron chi connectivity index (χ1n) is 12.0. The maximum absolute atomic E-state index is 15.4. The third-order valence-corrected chi connectivity index (χ3v) is 8.61. The van der Waals surface area contributed by atoms with E-state index in [9.17, 15) is 13.2 Å². The molecule has 0 amide bonds. The molecule has 2 heterocycles. The number of benzene rings is 2. The lowest BCUT2D eigenvalue weighted by Gasteiger charge is -2.37. The van der Waals surface area contributed by atoms with Gasteiger partial charge in [0.15, 0.2) is 0 Å². The molecule has 4 rings (SSSR count). The Labute approximate surface area is 201 Å². The molecule has 5 nitrogen and oxygen atoms in total. The predicted molar refractivity (Wildman–Crippen MR) is 135 cm³/mol. The van der Waals surface area contributed by atoms with Crippen molar-refractivity contribution in [2.45, 2.75) is 63.8 Å². The summed E-state index contributed by atoms with van der Waals surface area (Å²) in [5.74, 6) is 0.402. The average molecular weight is 485 g/mol. The van der Waals surface area contributed by atoms with Crippen molar-refractivity contribution in [2.75, 3.05) is 18.0 Å². The standard InChI is InChI=1S/C27H33FN2O3S/c1-6-9-29-16-26(34(32,33)21-8-7-19(4)20(5)11-21)27(31)22-12-23(28)25(13-24(22)29)30-14-17(2)10-18(3)15-30/h7-8,11-13,16-18H,6,9-10,14-15H2,1-5H3. The second-order valence-electron chi connectivity index (χ2n) is 9.94. The van der Waals surface area contributed by atoms with Crippen molar-refractivity contribution >= 4 is 26.4 Å². The molecule has 0 radical (unpaired) electrons. The second kappa shape index (κ2) is 9.17. The van der Waals surface area contributed by atoms with Gasteiger partial charge in [-0.05, 0) is 73.9 Å². The number of aromatic nitrogens is 1. The van der Waals surface area contributed by atoms with Crippen molar-refractivity contribution in [3.63, 3.8) is 0 Å². The summed E-state index contributed by atoms with van der Waals surface area (Å²) in [6.45, 7) is 12.1. The molecule has 0 spiro atoms. The number of aryl methyl sites for hydroxylation is 3. The highest BCUT2D eigenvalue weighted by Gasteiger charge is 2.27. The Hall–Kier alpha value is -2.67. The summed E-state index contributed by atoms with van der Waals surface area (Å²) in [5.41, 5.74) is 2.17. The van der Waals surface area contributed by atoms with Crippen LogP contribution in [0.1, 0.15) is 44.7 Å². The number of rotatable bonds is 5. The van der Waals surface area contributed by atoms with Gasteiger partial charge in [0.05, 0.1) is 21.5 Å². The van der Waals surface area contributed by atoms with Crippen LogP contribution in [0.5, 0.6) is 0 Å². The Kier molecular flexibility index (Phi) is 6.60. The lowest BCUT2D eigenvalue weighted by molar-refractivity contribution is 0.354. The number of hydrogen-bond acceptors (Lipinski definition) is 4. The van der Waals surface area contributed by atoms with Crippen molar-refractivity contribution in [1.82, 2.24) is 4.57 Å². The molecule has 1 aromatic heterocycles. The second-order valence-corrected chi connectivity index (χ2v) is 11.9. The summed E-state index contributed by atoms with van der Waals surface area (Å²) < 4.78 is 44.1. The fraction of sp³-hybridized carbons (Fsp3) is 0.444. The molecule has 0 N–H and O–H groups in total. The predicted octanol–water partition coefficient (Wildman–Crippen LogP) is 5.48. The van der Waals surface area contributed by atoms with E-state index in [1.54, 1.807) is 22.8 Å². The van der Waals surface area contributed by atoms with E-state index in [0.717, 1.165) is 37.1 Å². The average Bonchev–Trinajstić information content (AvgIpc) is 2.76. The minimum atomic E-state index is -4.07. The third kappa shape index (κ3) is 4.38. The molecule has 0 aliphatic carbocycles. The molecule has 0 saturated carbocycles. The van der Waals surface area contributed by atoms with E-state index in [2.05, 4.69) is 13.8 Å². The van der Waals surface area contributed by atoms with Crippen LogP contribution in [0.2, 0.25) is 0 Å². The molecule has 2 unspecified atom stereocenters. The smallest absolute Gasteiger partial charge is 0.211 e. The number of halogens is 1. The van der Waals surface area contributed by atoms with Crippen LogP contribution >= 0.6 is 0 Å². The van der Waals surface area contributed by atoms with Crippen molar-refractivity contribution in [1.29, 1.82) is 0 Å². The van der Waals surface area contributed by atoms with E-state index in [-0.39, 0.29) is 15.2 Å². The lowest BCUT2D eigenvalue weighted by atomic mass is 9.91. The Morgan fingerprint density at radius 2 is 1.71 bits per heavy atom. The van der Waals surface area contributed by atoms with E-state index in [0.29, 0.717) is 29.6 Å². The molecule has 2 atom stereocenters. The largest absolute Gasteiger partial charge is 0.369 e. The fourth-order valence-electron chi connectivity index (χ4n) is 5.10. The van der Waals surface area contributed by atoms with Crippen LogP contribution < -0.4 is 10.3 Å². The zero-order valence-electron chi connectivity index (χ0n) is 20.6. The number of hydrogen-bond donors (Lipinski definition) is 0. The quantitative estimate of drug-likeness (QED) is 0.481. The van der Waals surface area contributed by atoms with Gasteiger partial charge in [-0.2, -0.15) is 0 Å². The topological polar surface area (TPSA) is 59.4 Å². The minimum absolute atomic E-state index is 0.0727. The van der Waals surface area contributed by atoms with Gasteiger partial charge >= 0.3 is 0 Å². The van der Waals surface area contributed by atoms with Crippen molar-refractivity contribution in [3.8, 4) is 0 Å². The molecule has 2 aromatic carbocycles. The SMILES string of the molecule is CCCn1cc(S(=O)(=O)c2ccc(C)c(C)c2)c(=O)c2cc(F)c(N3CC(C)CC(C)C3)cc21. The van der Waals surface area contributed by atoms with Gasteiger partial charge in [0.2, 0.25) is 15.3 Å². The number of nitrogens with zero attached hydrogens (tertiary/aromatic N) is 2. The molecule has 3 aromatic rings. The normalized spacial score (nSPS) is 19.1. The van der Waals surface area contributed by atoms with Crippen molar-refractivity contribution in [2.24, 2.45) is 11.8 Å². The van der Waals surface area contributed by atoms with E-state index >= 15 is 4.39 Å². The molecular weight excluding hydrogens is 451 g/mol. The summed E-state index contributed by atoms with van der Waals surface area (Å²) in [7, 11) is -4.07. The van der Waals surface area contributed by atoms with E-state index < -0.39 is 21.1 Å². The molecule has 182 valence electrons. The highest BCUT2D eigenvalue weighted by Crippen LogP contribution is 2.32. The summed E-state index contributed by atoms with van der Waals surface area (Å²) in [6.07, 6.45) is 3.28. The van der Waals surface area contributed by atoms with Gasteiger partial charge in [-0.1, -0.05) is 26.8 Å². The molecule has 34 heavy (non-hydrogen) atoms. The molecule has 1 aliphatic rings. The van der Waals surface area contributed by atoms with E-state index in [1.807, 2.05) is 25.7 Å². The summed E-state index contributed by atoms with van der Waals surface area (Å²) in [6, 6.07) is 7.79. The first-order valence-corrected chi connectivity index (χ1v) is 13.4. The van der Waals surface area contributed by atoms with Crippen LogP contribution in [-0.2, 0) is 16.4 Å². The fourth-order valence-corrected chi connectivity index (χ4v) is 6.55. The number of piperidine rings is 1. The molecule has 1 aliphatic heterocycles. The summed E-state index contributed by atoms with van der Waals surface area (Å²) in [5, 5.41) is 0.0951. The van der Waals surface area contributed by atoms with Gasteiger partial charge in [-0.15, -0.1) is 0 Å². The van der Waals surface area contributed by atoms with Gasteiger partial charge in [-0.3, -0.25) is 4.79 Å². The zero-order chi connectivity index (χ0) is 24.8. The molecular formula is C27H33FN2O3S. The van der Waals surface area contributed by atoms with Gasteiger partial charge in [0.1, 0.15) is 10.7 Å². The van der Waals surface area contributed by atoms with Crippen LogP contribution in [0.25, 0.3) is 10.9 Å². The van der Waals surface area contributed by atoms with Crippen LogP contribution in [0, 0.1) is 31.5 Å². The molecule has 1 fully saturated rings. The molecule has 7 heteroatoms. The maximum atomic E-state index is 15.4. The number of fused-ring (bicyclic) bond motifs is 1. The lowest BCUT2D eigenvalue weighted by Crippen LogP contribution is -2.39. The number of sulfone groups is 1. The summed E-state index contributed by atoms with van der Waals surface area (Å²) >= 11 is 0. The Morgan fingerprint density at radius 1 is 1.03 bits per heavy atom. The first-order chi connectivity index (χ1) is 16.0. The zero-order valence-corrected chi connectivity index (χ0v) is 21.4. The minimum Gasteiger partial charge on any atom is -0.369 e. The highest BCUT2D eigenvalue weighted by molar-refractivity contribution is 7.91. The van der Waals surface area contributed by atoms with Gasteiger partial charge in [0.25, 0.3) is 0 Å². The highest BCUT2D eigenvalue weighted by atomic mass is 32.2. The van der Waals surface area contributed by atoms with Crippen LogP contribution in [0.15, 0.2) is 51.1 Å². The van der Waals surface area contributed by atoms with Crippen LogP contribution in [-0.4, -0.2) is 26.1 Å². The summed E-state index contributed by atoms with van der Waals surface area (Å²) in [4.78, 5) is 15.2. The van der Waals surface area contributed by atoms with E-state index in [1.165, 1.54) is 18.3 Å². The number of anilines is 1. The van der Waals surface area contributed by atoms with Gasteiger partial charge in [0, 0.05) is 25.8 Å². The Bertz CT molecular complexity index is 1400. The molecule has 1 saturated heterocycles. The van der Waals surface area contributed by atoms with Gasteiger partial charge in [-0.25, -0.2) is 12.8 Å². The van der Waals surface area contributed by atoms with Crippen LogP contribution in [0.3, 0.4) is 0 Å². The van der Waals surface area contributed by atoms with Crippen molar-refractivity contribution < 1.29 is 12.8 Å². The van der Waals surface area contributed by atoms with Gasteiger partial charge < -0.3 is 9.47 Å². The Balaban J connectivity index is 1.92. The molecule has 0 bridgehead atoms. The third-order valence-electron chi connectivity index (χ3n) is 6.87. The monoisotopic (exact) mass is 484 g/mol. The van der Waals surface area contributed by atoms with Crippen molar-refractivity contribution in [3.05, 3.63) is 63.7 Å². The first kappa shape index (κ1) is 24.5. The maximum Gasteiger partial charge on any atom is 0.211 e. The number of pyridine rings is 1. The van der Waals surface area contributed by atoms with E-state index in [4.69, 9.17) is 0 Å². The Morgan fingerprint density at radius 3 is 2.32 bits per heavy atom.